The van der Waals surface area contributed by atoms with Gasteiger partial charge in [0.1, 0.15) is 13.2 Å². The normalized spacial score (nSPS) is 21.9. The third-order valence-electron chi connectivity index (χ3n) is 8.39. The number of hydrogen-bond donors (Lipinski definition) is 0. The van der Waals surface area contributed by atoms with Crippen molar-refractivity contribution in [2.45, 2.75) is 63.8 Å². The Labute approximate surface area is 247 Å². The SMILES string of the molecule is O=C(OCc1ccccc1)N1CCN2C(=O)CCC[C@@H]2C1.O=C(OCc1ccccc1)N1CCN2C(=O)CCC[C@H]2C1. The van der Waals surface area contributed by atoms with Crippen molar-refractivity contribution < 1.29 is 28.7 Å². The topological polar surface area (TPSA) is 99.7 Å². The minimum absolute atomic E-state index is 0.171. The van der Waals surface area contributed by atoms with Crippen LogP contribution in [-0.4, -0.2) is 95.0 Å². The first kappa shape index (κ1) is 29.4. The van der Waals surface area contributed by atoms with Crippen molar-refractivity contribution in [2.75, 3.05) is 39.3 Å². The van der Waals surface area contributed by atoms with Gasteiger partial charge in [0.2, 0.25) is 11.8 Å². The van der Waals surface area contributed by atoms with Crippen LogP contribution in [0, 0.1) is 0 Å². The van der Waals surface area contributed by atoms with Crippen LogP contribution in [0.25, 0.3) is 0 Å². The van der Waals surface area contributed by atoms with Crippen LogP contribution in [0.5, 0.6) is 0 Å². The van der Waals surface area contributed by atoms with Crippen molar-refractivity contribution in [2.24, 2.45) is 0 Å². The van der Waals surface area contributed by atoms with E-state index in [1.165, 1.54) is 0 Å². The highest BCUT2D eigenvalue weighted by Crippen LogP contribution is 2.24. The Morgan fingerprint density at radius 2 is 1.02 bits per heavy atom. The number of nitrogens with zero attached hydrogens (tertiary/aromatic N) is 4. The molecule has 0 unspecified atom stereocenters. The lowest BCUT2D eigenvalue weighted by Gasteiger charge is -2.43. The molecule has 0 saturated carbocycles. The number of carbonyl (C=O) groups excluding carboxylic acids is 4. The number of rotatable bonds is 4. The number of piperidine rings is 2. The predicted molar refractivity (Wildman–Crippen MR) is 155 cm³/mol. The molecule has 42 heavy (non-hydrogen) atoms. The average Bonchev–Trinajstić information content (AvgIpc) is 3.03. The molecule has 0 aliphatic carbocycles. The van der Waals surface area contributed by atoms with Crippen LogP contribution >= 0.6 is 0 Å². The fraction of sp³-hybridized carbons (Fsp3) is 0.500. The van der Waals surface area contributed by atoms with Crippen molar-refractivity contribution in [1.82, 2.24) is 19.6 Å². The summed E-state index contributed by atoms with van der Waals surface area (Å²) in [4.78, 5) is 55.2. The molecule has 0 aromatic heterocycles. The minimum atomic E-state index is -0.281. The molecule has 10 nitrogen and oxygen atoms in total. The molecule has 10 heteroatoms. The lowest BCUT2D eigenvalue weighted by Crippen LogP contribution is -2.58. The zero-order chi connectivity index (χ0) is 29.3. The van der Waals surface area contributed by atoms with Crippen molar-refractivity contribution in [3.05, 3.63) is 71.8 Å². The van der Waals surface area contributed by atoms with E-state index in [2.05, 4.69) is 0 Å². The lowest BCUT2D eigenvalue weighted by molar-refractivity contribution is -0.139. The fourth-order valence-electron chi connectivity index (χ4n) is 6.08. The molecule has 2 atom stereocenters. The number of hydrogen-bond acceptors (Lipinski definition) is 6. The van der Waals surface area contributed by atoms with E-state index in [0.717, 1.165) is 36.8 Å². The summed E-state index contributed by atoms with van der Waals surface area (Å²) in [5.41, 5.74) is 1.97. The number of amides is 4. The summed E-state index contributed by atoms with van der Waals surface area (Å²) in [5, 5.41) is 0. The fourth-order valence-corrected chi connectivity index (χ4v) is 6.08. The summed E-state index contributed by atoms with van der Waals surface area (Å²) in [7, 11) is 0. The Morgan fingerprint density at radius 1 is 0.619 bits per heavy atom. The van der Waals surface area contributed by atoms with E-state index in [1.807, 2.05) is 70.5 Å². The molecule has 0 radical (unpaired) electrons. The van der Waals surface area contributed by atoms with Gasteiger partial charge in [-0.25, -0.2) is 9.59 Å². The Hall–Kier alpha value is -4.08. The van der Waals surface area contributed by atoms with Gasteiger partial charge in [-0.2, -0.15) is 0 Å². The molecule has 0 bridgehead atoms. The van der Waals surface area contributed by atoms with Gasteiger partial charge in [0.25, 0.3) is 0 Å². The third kappa shape index (κ3) is 7.60. The van der Waals surface area contributed by atoms with Crippen molar-refractivity contribution in [3.8, 4) is 0 Å². The zero-order valence-electron chi connectivity index (χ0n) is 24.1. The Kier molecular flexibility index (Phi) is 9.94. The van der Waals surface area contributed by atoms with Crippen LogP contribution in [0.4, 0.5) is 9.59 Å². The lowest BCUT2D eigenvalue weighted by atomic mass is 9.99. The van der Waals surface area contributed by atoms with Crippen LogP contribution in [0.3, 0.4) is 0 Å². The molecule has 4 amide bonds. The summed E-state index contributed by atoms with van der Waals surface area (Å²) in [6.45, 7) is 4.17. The monoisotopic (exact) mass is 576 g/mol. The van der Waals surface area contributed by atoms with Crippen molar-refractivity contribution in [1.29, 1.82) is 0 Å². The second-order valence-electron chi connectivity index (χ2n) is 11.2. The van der Waals surface area contributed by atoms with Crippen molar-refractivity contribution in [3.63, 3.8) is 0 Å². The van der Waals surface area contributed by atoms with Gasteiger partial charge in [0, 0.05) is 64.2 Å². The number of carbonyl (C=O) groups is 4. The zero-order valence-corrected chi connectivity index (χ0v) is 24.1. The summed E-state index contributed by atoms with van der Waals surface area (Å²) in [6, 6.07) is 19.7. The van der Waals surface area contributed by atoms with Gasteiger partial charge in [-0.05, 0) is 36.8 Å². The molecule has 2 aromatic rings. The number of ether oxygens (including phenoxy) is 2. The van der Waals surface area contributed by atoms with E-state index in [1.54, 1.807) is 9.80 Å². The van der Waals surface area contributed by atoms with Gasteiger partial charge in [-0.3, -0.25) is 9.59 Å². The van der Waals surface area contributed by atoms with Crippen LogP contribution in [-0.2, 0) is 32.3 Å². The molecule has 0 N–H and O–H groups in total. The maximum Gasteiger partial charge on any atom is 0.410 e. The average molecular weight is 577 g/mol. The first-order valence-electron chi connectivity index (χ1n) is 15.0. The quantitative estimate of drug-likeness (QED) is 0.545. The number of fused-ring (bicyclic) bond motifs is 2. The van der Waals surface area contributed by atoms with Gasteiger partial charge < -0.3 is 29.1 Å². The third-order valence-corrected chi connectivity index (χ3v) is 8.39. The van der Waals surface area contributed by atoms with E-state index in [9.17, 15) is 19.2 Å². The molecule has 6 rings (SSSR count). The molecule has 4 fully saturated rings. The van der Waals surface area contributed by atoms with Gasteiger partial charge in [0.05, 0.1) is 0 Å². The van der Waals surface area contributed by atoms with E-state index in [-0.39, 0.29) is 36.1 Å². The van der Waals surface area contributed by atoms with E-state index >= 15 is 0 Å². The largest absolute Gasteiger partial charge is 0.445 e. The summed E-state index contributed by atoms with van der Waals surface area (Å²) in [5.74, 6) is 0.451. The van der Waals surface area contributed by atoms with Crippen molar-refractivity contribution >= 4 is 24.0 Å². The molecule has 0 spiro atoms. The summed E-state index contributed by atoms with van der Waals surface area (Å²) in [6.07, 6.45) is 4.54. The second-order valence-corrected chi connectivity index (χ2v) is 11.2. The molecule has 2 aromatic carbocycles. The minimum Gasteiger partial charge on any atom is -0.445 e. The van der Waals surface area contributed by atoms with Crippen LogP contribution in [0.2, 0.25) is 0 Å². The van der Waals surface area contributed by atoms with Crippen LogP contribution in [0.1, 0.15) is 49.7 Å². The van der Waals surface area contributed by atoms with E-state index in [0.29, 0.717) is 65.3 Å². The standard InChI is InChI=1S/2C16H20N2O3/c2*19-15-8-4-7-14-11-17(9-10-18(14)15)16(20)21-12-13-5-2-1-3-6-13/h2*1-3,5-6,14H,4,7-12H2/t2*14-/m10/s1. The first-order chi connectivity index (χ1) is 20.5. The second kappa shape index (κ2) is 14.2. The molecular weight excluding hydrogens is 536 g/mol. The highest BCUT2D eigenvalue weighted by atomic mass is 16.6. The van der Waals surface area contributed by atoms with Gasteiger partial charge in [0.15, 0.2) is 0 Å². The van der Waals surface area contributed by atoms with Gasteiger partial charge in [-0.15, -0.1) is 0 Å². The highest BCUT2D eigenvalue weighted by molar-refractivity contribution is 5.78. The van der Waals surface area contributed by atoms with E-state index < -0.39 is 0 Å². The molecule has 4 aliphatic heterocycles. The smallest absolute Gasteiger partial charge is 0.410 e. The maximum atomic E-state index is 12.1. The predicted octanol–water partition coefficient (Wildman–Crippen LogP) is 4.04. The van der Waals surface area contributed by atoms with Crippen LogP contribution in [0.15, 0.2) is 60.7 Å². The maximum absolute atomic E-state index is 12.1. The van der Waals surface area contributed by atoms with E-state index in [4.69, 9.17) is 9.47 Å². The van der Waals surface area contributed by atoms with Gasteiger partial charge >= 0.3 is 12.2 Å². The molecular formula is C32H40N4O6. The highest BCUT2D eigenvalue weighted by Gasteiger charge is 2.36. The molecule has 4 aliphatic rings. The Morgan fingerprint density at radius 3 is 1.43 bits per heavy atom. The molecule has 224 valence electrons. The number of piperazine rings is 2. The first-order valence-corrected chi connectivity index (χ1v) is 15.0. The molecule has 4 saturated heterocycles. The van der Waals surface area contributed by atoms with Gasteiger partial charge in [-0.1, -0.05) is 60.7 Å². The number of benzene rings is 2. The van der Waals surface area contributed by atoms with Crippen LogP contribution < -0.4 is 0 Å². The Bertz CT molecular complexity index is 1130. The summed E-state index contributed by atoms with van der Waals surface area (Å²) >= 11 is 0. The summed E-state index contributed by atoms with van der Waals surface area (Å²) < 4.78 is 10.7. The molecule has 4 heterocycles. The Balaban J connectivity index is 0.000000168.